The van der Waals surface area contributed by atoms with Gasteiger partial charge in [0, 0.05) is 19.2 Å². The molecule has 0 unspecified atom stereocenters. The predicted octanol–water partition coefficient (Wildman–Crippen LogP) is 3.22. The summed E-state index contributed by atoms with van der Waals surface area (Å²) in [5, 5.41) is 0. The minimum atomic E-state index is -0.417. The fraction of sp³-hybridized carbons (Fsp3) is 0.200. The van der Waals surface area contributed by atoms with Crippen LogP contribution in [0.4, 0.5) is 4.39 Å². The van der Waals surface area contributed by atoms with Crippen LogP contribution in [0.1, 0.15) is 11.1 Å². The van der Waals surface area contributed by atoms with Crippen LogP contribution < -0.4 is 10.5 Å². The summed E-state index contributed by atoms with van der Waals surface area (Å²) in [6.45, 7) is 0.711. The van der Waals surface area contributed by atoms with Crippen LogP contribution >= 0.6 is 0 Å². The minimum Gasteiger partial charge on any atom is -0.454 e. The summed E-state index contributed by atoms with van der Waals surface area (Å²) < 4.78 is 24.4. The summed E-state index contributed by atoms with van der Waals surface area (Å²) in [5.41, 5.74) is 7.18. The number of hydrogen-bond donors (Lipinski definition) is 1. The lowest BCUT2D eigenvalue weighted by Gasteiger charge is -2.11. The fourth-order valence-electron chi connectivity index (χ4n) is 1.81. The SMILES string of the molecule is COCc1cccc(Oc2c(F)cccc2CN)c1. The molecule has 2 aromatic carbocycles. The molecule has 0 spiro atoms. The van der Waals surface area contributed by atoms with Crippen molar-refractivity contribution in [1.82, 2.24) is 0 Å². The molecular weight excluding hydrogens is 245 g/mol. The van der Waals surface area contributed by atoms with Crippen LogP contribution in [0.15, 0.2) is 42.5 Å². The van der Waals surface area contributed by atoms with Crippen LogP contribution in [0, 0.1) is 5.82 Å². The van der Waals surface area contributed by atoms with Gasteiger partial charge in [0.2, 0.25) is 0 Å². The Labute approximate surface area is 111 Å². The van der Waals surface area contributed by atoms with E-state index in [0.717, 1.165) is 5.56 Å². The van der Waals surface area contributed by atoms with Crippen molar-refractivity contribution in [2.75, 3.05) is 7.11 Å². The summed E-state index contributed by atoms with van der Waals surface area (Å²) in [4.78, 5) is 0. The Morgan fingerprint density at radius 3 is 2.68 bits per heavy atom. The Balaban J connectivity index is 2.28. The average molecular weight is 261 g/mol. The molecule has 0 aliphatic carbocycles. The molecule has 0 aromatic heterocycles. The van der Waals surface area contributed by atoms with E-state index in [9.17, 15) is 4.39 Å². The lowest BCUT2D eigenvalue weighted by molar-refractivity contribution is 0.184. The van der Waals surface area contributed by atoms with E-state index in [2.05, 4.69) is 0 Å². The van der Waals surface area contributed by atoms with Gasteiger partial charge in [0.25, 0.3) is 0 Å². The van der Waals surface area contributed by atoms with Gasteiger partial charge in [-0.3, -0.25) is 0 Å². The highest BCUT2D eigenvalue weighted by Gasteiger charge is 2.10. The first-order valence-corrected chi connectivity index (χ1v) is 5.97. The van der Waals surface area contributed by atoms with Crippen LogP contribution in [0.3, 0.4) is 0 Å². The first-order chi connectivity index (χ1) is 9.24. The average Bonchev–Trinajstić information content (AvgIpc) is 2.42. The van der Waals surface area contributed by atoms with Gasteiger partial charge in [-0.25, -0.2) is 4.39 Å². The number of hydrogen-bond acceptors (Lipinski definition) is 3. The smallest absolute Gasteiger partial charge is 0.167 e. The highest BCUT2D eigenvalue weighted by Crippen LogP contribution is 2.28. The molecule has 4 heteroatoms. The molecule has 0 bridgehead atoms. The van der Waals surface area contributed by atoms with E-state index in [1.807, 2.05) is 18.2 Å². The number of rotatable bonds is 5. The molecule has 0 fully saturated rings. The van der Waals surface area contributed by atoms with Crippen molar-refractivity contribution < 1.29 is 13.9 Å². The first kappa shape index (κ1) is 13.5. The molecule has 0 aliphatic rings. The van der Waals surface area contributed by atoms with Crippen LogP contribution in [0.5, 0.6) is 11.5 Å². The van der Waals surface area contributed by atoms with Gasteiger partial charge in [-0.05, 0) is 23.8 Å². The van der Waals surface area contributed by atoms with E-state index in [1.54, 1.807) is 25.3 Å². The van der Waals surface area contributed by atoms with Crippen molar-refractivity contribution in [3.8, 4) is 11.5 Å². The second-order valence-corrected chi connectivity index (χ2v) is 4.11. The van der Waals surface area contributed by atoms with Gasteiger partial charge in [0.05, 0.1) is 6.61 Å². The predicted molar refractivity (Wildman–Crippen MR) is 71.5 cm³/mol. The molecule has 0 atom stereocenters. The van der Waals surface area contributed by atoms with E-state index >= 15 is 0 Å². The van der Waals surface area contributed by atoms with Crippen molar-refractivity contribution in [3.05, 3.63) is 59.4 Å². The van der Waals surface area contributed by atoms with Gasteiger partial charge in [0.1, 0.15) is 5.75 Å². The zero-order valence-electron chi connectivity index (χ0n) is 10.7. The van der Waals surface area contributed by atoms with Crippen molar-refractivity contribution in [2.24, 2.45) is 5.73 Å². The van der Waals surface area contributed by atoms with Crippen molar-refractivity contribution in [3.63, 3.8) is 0 Å². The van der Waals surface area contributed by atoms with Gasteiger partial charge in [0.15, 0.2) is 11.6 Å². The zero-order valence-corrected chi connectivity index (χ0v) is 10.7. The van der Waals surface area contributed by atoms with Crippen molar-refractivity contribution >= 4 is 0 Å². The summed E-state index contributed by atoms with van der Waals surface area (Å²) in [7, 11) is 1.62. The van der Waals surface area contributed by atoms with Crippen molar-refractivity contribution in [2.45, 2.75) is 13.2 Å². The Morgan fingerprint density at radius 1 is 1.16 bits per heavy atom. The van der Waals surface area contributed by atoms with Crippen LogP contribution in [-0.2, 0) is 17.9 Å². The number of halogens is 1. The summed E-state index contributed by atoms with van der Waals surface area (Å²) in [6, 6.07) is 12.1. The third kappa shape index (κ3) is 3.30. The molecule has 0 saturated carbocycles. The monoisotopic (exact) mass is 261 g/mol. The van der Waals surface area contributed by atoms with E-state index in [-0.39, 0.29) is 12.3 Å². The molecule has 0 aliphatic heterocycles. The van der Waals surface area contributed by atoms with E-state index in [4.69, 9.17) is 15.2 Å². The Kier molecular flexibility index (Phi) is 4.49. The number of nitrogens with two attached hydrogens (primary N) is 1. The van der Waals surface area contributed by atoms with E-state index in [1.165, 1.54) is 6.07 Å². The first-order valence-electron chi connectivity index (χ1n) is 5.97. The number of methoxy groups -OCH3 is 1. The minimum absolute atomic E-state index is 0.180. The molecule has 2 N–H and O–H groups in total. The fourth-order valence-corrected chi connectivity index (χ4v) is 1.81. The third-order valence-corrected chi connectivity index (χ3v) is 2.70. The molecule has 0 saturated heterocycles. The lowest BCUT2D eigenvalue weighted by atomic mass is 10.2. The number of para-hydroxylation sites is 1. The Hall–Kier alpha value is -1.91. The van der Waals surface area contributed by atoms with Crippen LogP contribution in [-0.4, -0.2) is 7.11 Å². The maximum Gasteiger partial charge on any atom is 0.167 e. The highest BCUT2D eigenvalue weighted by molar-refractivity contribution is 5.40. The molecule has 0 heterocycles. The Morgan fingerprint density at radius 2 is 1.95 bits per heavy atom. The van der Waals surface area contributed by atoms with Gasteiger partial charge >= 0.3 is 0 Å². The molecule has 2 rings (SSSR count). The van der Waals surface area contributed by atoms with Gasteiger partial charge < -0.3 is 15.2 Å². The second-order valence-electron chi connectivity index (χ2n) is 4.11. The molecule has 19 heavy (non-hydrogen) atoms. The zero-order chi connectivity index (χ0) is 13.7. The van der Waals surface area contributed by atoms with Crippen molar-refractivity contribution in [1.29, 1.82) is 0 Å². The summed E-state index contributed by atoms with van der Waals surface area (Å²) in [6.07, 6.45) is 0. The van der Waals surface area contributed by atoms with Gasteiger partial charge in [-0.1, -0.05) is 24.3 Å². The molecule has 0 radical (unpaired) electrons. The molecular formula is C15H16FNO2. The molecule has 0 amide bonds. The molecule has 100 valence electrons. The molecule has 3 nitrogen and oxygen atoms in total. The van der Waals surface area contributed by atoms with Gasteiger partial charge in [-0.2, -0.15) is 0 Å². The number of ether oxygens (including phenoxy) is 2. The van der Waals surface area contributed by atoms with Crippen LogP contribution in [0.25, 0.3) is 0 Å². The number of benzene rings is 2. The third-order valence-electron chi connectivity index (χ3n) is 2.70. The standard InChI is InChI=1S/C15H16FNO2/c1-18-10-11-4-2-6-13(8-11)19-15-12(9-17)5-3-7-14(15)16/h2-8H,9-10,17H2,1H3. The largest absolute Gasteiger partial charge is 0.454 e. The van der Waals surface area contributed by atoms with E-state index in [0.29, 0.717) is 17.9 Å². The summed E-state index contributed by atoms with van der Waals surface area (Å²) >= 11 is 0. The highest BCUT2D eigenvalue weighted by atomic mass is 19.1. The summed E-state index contributed by atoms with van der Waals surface area (Å²) in [5.74, 6) is 0.328. The second kappa shape index (κ2) is 6.31. The van der Waals surface area contributed by atoms with E-state index < -0.39 is 5.82 Å². The maximum atomic E-state index is 13.8. The molecule has 2 aromatic rings. The topological polar surface area (TPSA) is 44.5 Å². The quantitative estimate of drug-likeness (QED) is 0.898. The normalized spacial score (nSPS) is 10.5. The maximum absolute atomic E-state index is 13.8. The van der Waals surface area contributed by atoms with Crippen LogP contribution in [0.2, 0.25) is 0 Å². The van der Waals surface area contributed by atoms with Gasteiger partial charge in [-0.15, -0.1) is 0 Å². The lowest BCUT2D eigenvalue weighted by Crippen LogP contribution is -2.01. The Bertz CT molecular complexity index is 558.